The fourth-order valence-corrected chi connectivity index (χ4v) is 4.45. The topological polar surface area (TPSA) is 61.6 Å². The van der Waals surface area contributed by atoms with E-state index < -0.39 is 0 Å². The van der Waals surface area contributed by atoms with E-state index in [0.717, 1.165) is 60.5 Å². The Kier molecular flexibility index (Phi) is 6.62. The molecule has 6 nitrogen and oxygen atoms in total. The number of rotatable bonds is 7. The SMILES string of the molecule is Cc1ccc(-c2nc(CC(=O)NC(CN3CCN(C)CC3)c3ccccc3)cs2)o1. The second-order valence-electron chi connectivity index (χ2n) is 7.87. The predicted octanol–water partition coefficient (Wildman–Crippen LogP) is 3.36. The molecule has 0 aliphatic carbocycles. The summed E-state index contributed by atoms with van der Waals surface area (Å²) in [4.78, 5) is 22.2. The van der Waals surface area contributed by atoms with Gasteiger partial charge < -0.3 is 14.6 Å². The Hall–Kier alpha value is -2.48. The summed E-state index contributed by atoms with van der Waals surface area (Å²) in [7, 11) is 2.15. The first-order valence-corrected chi connectivity index (χ1v) is 11.2. The van der Waals surface area contributed by atoms with Crippen LogP contribution >= 0.6 is 11.3 Å². The van der Waals surface area contributed by atoms with E-state index in [2.05, 4.69) is 39.3 Å². The van der Waals surface area contributed by atoms with Crippen molar-refractivity contribution in [3.63, 3.8) is 0 Å². The zero-order valence-electron chi connectivity index (χ0n) is 17.5. The first-order chi connectivity index (χ1) is 14.6. The van der Waals surface area contributed by atoms with Crippen LogP contribution in [0, 0.1) is 6.92 Å². The van der Waals surface area contributed by atoms with Crippen LogP contribution in [0.2, 0.25) is 0 Å². The highest BCUT2D eigenvalue weighted by Crippen LogP contribution is 2.26. The van der Waals surface area contributed by atoms with Crippen LogP contribution in [0.3, 0.4) is 0 Å². The van der Waals surface area contributed by atoms with Crippen LogP contribution in [0.15, 0.2) is 52.3 Å². The van der Waals surface area contributed by atoms with E-state index in [1.165, 1.54) is 11.3 Å². The first-order valence-electron chi connectivity index (χ1n) is 10.3. The smallest absolute Gasteiger partial charge is 0.226 e. The maximum atomic E-state index is 12.8. The molecule has 1 atom stereocenters. The van der Waals surface area contributed by atoms with Gasteiger partial charge in [-0.15, -0.1) is 11.3 Å². The number of benzene rings is 1. The molecule has 3 aromatic rings. The number of nitrogens with one attached hydrogen (secondary N) is 1. The van der Waals surface area contributed by atoms with Gasteiger partial charge in [-0.3, -0.25) is 9.69 Å². The normalized spacial score (nSPS) is 16.5. The fourth-order valence-electron chi connectivity index (χ4n) is 3.67. The van der Waals surface area contributed by atoms with Crippen molar-refractivity contribution in [1.82, 2.24) is 20.1 Å². The summed E-state index contributed by atoms with van der Waals surface area (Å²) < 4.78 is 5.64. The van der Waals surface area contributed by atoms with E-state index in [4.69, 9.17) is 4.42 Å². The zero-order chi connectivity index (χ0) is 20.9. The van der Waals surface area contributed by atoms with E-state index in [9.17, 15) is 4.79 Å². The number of likely N-dealkylation sites (N-methyl/N-ethyl adjacent to an activating group) is 1. The van der Waals surface area contributed by atoms with Crippen LogP contribution in [0.5, 0.6) is 0 Å². The van der Waals surface area contributed by atoms with Gasteiger partial charge >= 0.3 is 0 Å². The highest BCUT2D eigenvalue weighted by Gasteiger charge is 2.22. The highest BCUT2D eigenvalue weighted by molar-refractivity contribution is 7.13. The van der Waals surface area contributed by atoms with Crippen molar-refractivity contribution < 1.29 is 9.21 Å². The third kappa shape index (κ3) is 5.36. The van der Waals surface area contributed by atoms with E-state index in [0.29, 0.717) is 0 Å². The summed E-state index contributed by atoms with van der Waals surface area (Å²) in [5.74, 6) is 1.60. The van der Waals surface area contributed by atoms with Gasteiger partial charge in [0, 0.05) is 38.1 Å². The van der Waals surface area contributed by atoms with Crippen LogP contribution in [-0.4, -0.2) is 60.5 Å². The lowest BCUT2D eigenvalue weighted by molar-refractivity contribution is -0.121. The molecule has 0 saturated carbocycles. The third-order valence-corrected chi connectivity index (χ3v) is 6.32. The second-order valence-corrected chi connectivity index (χ2v) is 8.72. The Labute approximate surface area is 181 Å². The van der Waals surface area contributed by atoms with Crippen molar-refractivity contribution in [3.05, 3.63) is 64.9 Å². The van der Waals surface area contributed by atoms with Crippen molar-refractivity contribution in [2.24, 2.45) is 0 Å². The Morgan fingerprint density at radius 1 is 1.17 bits per heavy atom. The molecule has 1 unspecified atom stereocenters. The largest absolute Gasteiger partial charge is 0.459 e. The number of aromatic nitrogens is 1. The number of aryl methyl sites for hydroxylation is 1. The van der Waals surface area contributed by atoms with Crippen LogP contribution in [0.25, 0.3) is 10.8 Å². The Morgan fingerprint density at radius 2 is 1.93 bits per heavy atom. The minimum Gasteiger partial charge on any atom is -0.459 e. The lowest BCUT2D eigenvalue weighted by Gasteiger charge is -2.35. The molecule has 2 aromatic heterocycles. The van der Waals surface area contributed by atoms with Gasteiger partial charge in [-0.05, 0) is 31.7 Å². The molecular formula is C23H28N4O2S. The van der Waals surface area contributed by atoms with Crippen molar-refractivity contribution in [1.29, 1.82) is 0 Å². The van der Waals surface area contributed by atoms with Crippen molar-refractivity contribution in [2.45, 2.75) is 19.4 Å². The lowest BCUT2D eigenvalue weighted by Crippen LogP contribution is -2.48. The van der Waals surface area contributed by atoms with Crippen molar-refractivity contribution >= 4 is 17.2 Å². The minimum absolute atomic E-state index is 0.00884. The molecule has 1 amide bonds. The quantitative estimate of drug-likeness (QED) is 0.630. The van der Waals surface area contributed by atoms with Crippen LogP contribution in [0.4, 0.5) is 0 Å². The molecular weight excluding hydrogens is 396 g/mol. The van der Waals surface area contributed by atoms with Crippen molar-refractivity contribution in [3.8, 4) is 10.8 Å². The van der Waals surface area contributed by atoms with Gasteiger partial charge in [0.05, 0.1) is 18.2 Å². The molecule has 3 heterocycles. The summed E-state index contributed by atoms with van der Waals surface area (Å²) in [6, 6.07) is 14.0. The number of nitrogens with zero attached hydrogens (tertiary/aromatic N) is 3. The van der Waals surface area contributed by atoms with E-state index in [1.807, 2.05) is 42.6 Å². The first kappa shape index (κ1) is 20.8. The number of carbonyl (C=O) groups is 1. The van der Waals surface area contributed by atoms with Gasteiger partial charge in [0.25, 0.3) is 0 Å². The number of hydrogen-bond acceptors (Lipinski definition) is 6. The van der Waals surface area contributed by atoms with Gasteiger partial charge in [0.2, 0.25) is 5.91 Å². The average Bonchev–Trinajstić information content (AvgIpc) is 3.38. The molecule has 1 N–H and O–H groups in total. The van der Waals surface area contributed by atoms with Gasteiger partial charge in [0.1, 0.15) is 5.76 Å². The number of furan rings is 1. The van der Waals surface area contributed by atoms with Gasteiger partial charge in [0.15, 0.2) is 10.8 Å². The minimum atomic E-state index is -0.0343. The molecule has 1 fully saturated rings. The summed E-state index contributed by atoms with van der Waals surface area (Å²) in [6.07, 6.45) is 0.266. The molecule has 1 aliphatic rings. The number of carbonyl (C=O) groups excluding carboxylic acids is 1. The molecule has 1 aromatic carbocycles. The van der Waals surface area contributed by atoms with Crippen molar-refractivity contribution in [2.75, 3.05) is 39.8 Å². The van der Waals surface area contributed by atoms with Gasteiger partial charge in [-0.1, -0.05) is 30.3 Å². The Bertz CT molecular complexity index is 961. The predicted molar refractivity (Wildman–Crippen MR) is 120 cm³/mol. The van der Waals surface area contributed by atoms with Gasteiger partial charge in [-0.25, -0.2) is 4.98 Å². The molecule has 158 valence electrons. The molecule has 0 bridgehead atoms. The maximum Gasteiger partial charge on any atom is 0.226 e. The molecule has 1 aliphatic heterocycles. The van der Waals surface area contributed by atoms with E-state index in [-0.39, 0.29) is 18.4 Å². The standard InChI is InChI=1S/C23H28N4O2S/c1-17-8-9-21(29-17)23-24-19(16-30-23)14-22(28)25-20(18-6-4-3-5-7-18)15-27-12-10-26(2)11-13-27/h3-9,16,20H,10-15H2,1-2H3,(H,25,28). The molecule has 7 heteroatoms. The summed E-state index contributed by atoms with van der Waals surface area (Å²) in [5, 5.41) is 5.98. The molecule has 4 rings (SSSR count). The summed E-state index contributed by atoms with van der Waals surface area (Å²) in [6.45, 7) is 6.89. The highest BCUT2D eigenvalue weighted by atomic mass is 32.1. The molecule has 30 heavy (non-hydrogen) atoms. The summed E-state index contributed by atoms with van der Waals surface area (Å²) >= 11 is 1.50. The molecule has 0 spiro atoms. The Morgan fingerprint density at radius 3 is 2.63 bits per heavy atom. The summed E-state index contributed by atoms with van der Waals surface area (Å²) in [5.41, 5.74) is 1.91. The molecule has 1 saturated heterocycles. The second kappa shape index (κ2) is 9.55. The third-order valence-electron chi connectivity index (χ3n) is 5.42. The lowest BCUT2D eigenvalue weighted by atomic mass is 10.1. The molecule has 0 radical (unpaired) electrons. The number of amides is 1. The number of hydrogen-bond donors (Lipinski definition) is 1. The van der Waals surface area contributed by atoms with Crippen LogP contribution in [-0.2, 0) is 11.2 Å². The van der Waals surface area contributed by atoms with E-state index in [1.54, 1.807) is 0 Å². The van der Waals surface area contributed by atoms with Crippen LogP contribution in [0.1, 0.15) is 23.1 Å². The number of piperazine rings is 1. The van der Waals surface area contributed by atoms with Crippen LogP contribution < -0.4 is 5.32 Å². The fraction of sp³-hybridized carbons (Fsp3) is 0.391. The zero-order valence-corrected chi connectivity index (χ0v) is 18.3. The maximum absolute atomic E-state index is 12.8. The average molecular weight is 425 g/mol. The monoisotopic (exact) mass is 424 g/mol. The number of thiazole rings is 1. The van der Waals surface area contributed by atoms with E-state index >= 15 is 0 Å². The Balaban J connectivity index is 1.41. The van der Waals surface area contributed by atoms with Gasteiger partial charge in [-0.2, -0.15) is 0 Å².